The number of anilines is 1. The van der Waals surface area contributed by atoms with Crippen LogP contribution in [0, 0.1) is 11.3 Å². The summed E-state index contributed by atoms with van der Waals surface area (Å²) >= 11 is 0. The number of allylic oxidation sites excluding steroid dienone is 1. The van der Waals surface area contributed by atoms with E-state index in [0.29, 0.717) is 24.1 Å². The minimum Gasteiger partial charge on any atom is -0.381 e. The summed E-state index contributed by atoms with van der Waals surface area (Å²) in [6, 6.07) is 6.50. The quantitative estimate of drug-likeness (QED) is 0.729. The molecule has 1 fully saturated rings. The Hall–Kier alpha value is -3.31. The molecule has 0 radical (unpaired) electrons. The van der Waals surface area contributed by atoms with Gasteiger partial charge in [-0.05, 0) is 45.1 Å². The first kappa shape index (κ1) is 18.1. The molecule has 2 aromatic heterocycles. The number of rotatable bonds is 5. The summed E-state index contributed by atoms with van der Waals surface area (Å²) in [5, 5.41) is 19.3. The molecule has 1 saturated heterocycles. The third kappa shape index (κ3) is 4.15. The molecule has 0 unspecified atom stereocenters. The van der Waals surface area contributed by atoms with Gasteiger partial charge < -0.3 is 25.4 Å². The lowest BCUT2D eigenvalue weighted by Gasteiger charge is -2.32. The van der Waals surface area contributed by atoms with Crippen LogP contribution in [-0.4, -0.2) is 52.2 Å². The van der Waals surface area contributed by atoms with Gasteiger partial charge in [-0.3, -0.25) is 0 Å². The van der Waals surface area contributed by atoms with Crippen LogP contribution in [0.1, 0.15) is 18.5 Å². The fourth-order valence-corrected chi connectivity index (χ4v) is 3.46. The third-order valence-corrected chi connectivity index (χ3v) is 5.07. The second kappa shape index (κ2) is 8.15. The maximum Gasteiger partial charge on any atom is 0.158 e. The lowest BCUT2D eigenvalue weighted by atomic mass is 10.0. The molecule has 3 N–H and O–H groups in total. The Balaban J connectivity index is 1.55. The molecule has 0 atom stereocenters. The van der Waals surface area contributed by atoms with Crippen LogP contribution in [0.4, 0.5) is 5.82 Å². The van der Waals surface area contributed by atoms with E-state index in [1.807, 2.05) is 18.2 Å². The van der Waals surface area contributed by atoms with Crippen molar-refractivity contribution < 1.29 is 0 Å². The number of likely N-dealkylation sites (tertiary alicyclic amines) is 1. The summed E-state index contributed by atoms with van der Waals surface area (Å²) in [6.45, 7) is 2.90. The normalized spacial score (nSPS) is 18.2. The van der Waals surface area contributed by atoms with E-state index in [4.69, 9.17) is 5.26 Å². The van der Waals surface area contributed by atoms with Gasteiger partial charge in [-0.1, -0.05) is 0 Å². The Kier molecular flexibility index (Phi) is 5.26. The fourth-order valence-electron chi connectivity index (χ4n) is 3.46. The summed E-state index contributed by atoms with van der Waals surface area (Å²) in [4.78, 5) is 10.7. The zero-order valence-corrected chi connectivity index (χ0v) is 15.9. The average molecular weight is 376 g/mol. The van der Waals surface area contributed by atoms with E-state index in [0.717, 1.165) is 37.4 Å². The number of nitriles is 1. The van der Waals surface area contributed by atoms with Crippen molar-refractivity contribution in [3.05, 3.63) is 60.2 Å². The molecule has 0 amide bonds. The lowest BCUT2D eigenvalue weighted by molar-refractivity contribution is 0.242. The van der Waals surface area contributed by atoms with Gasteiger partial charge in [0.05, 0.1) is 30.3 Å². The van der Waals surface area contributed by atoms with Crippen molar-refractivity contribution in [1.82, 2.24) is 30.1 Å². The Morgan fingerprint density at radius 3 is 2.64 bits per heavy atom. The second-order valence-electron chi connectivity index (χ2n) is 7.11. The Bertz CT molecular complexity index is 897. The van der Waals surface area contributed by atoms with Gasteiger partial charge >= 0.3 is 0 Å². The standard InChI is InChI=1S/C20H24N8/c1-27-8-4-15(5-9-27)25-17-10-19(24-13-18(17)28-6-2-3-7-28)26-20-14-22-16(11-21)12-23-20/h2-3,6-7,10,12,14-15,24-25H,4-5,8-9,13H2,1H3,(H,23,26). The van der Waals surface area contributed by atoms with E-state index in [1.165, 1.54) is 11.9 Å². The second-order valence-corrected chi connectivity index (χ2v) is 7.11. The van der Waals surface area contributed by atoms with Crippen molar-refractivity contribution in [1.29, 1.82) is 5.26 Å². The first-order valence-electron chi connectivity index (χ1n) is 9.47. The topological polar surface area (TPSA) is 93.8 Å². The van der Waals surface area contributed by atoms with Crippen molar-refractivity contribution in [2.24, 2.45) is 0 Å². The van der Waals surface area contributed by atoms with Gasteiger partial charge in [-0.15, -0.1) is 0 Å². The molecule has 144 valence electrons. The molecule has 2 aromatic rings. The van der Waals surface area contributed by atoms with E-state index < -0.39 is 0 Å². The Morgan fingerprint density at radius 2 is 1.96 bits per heavy atom. The summed E-state index contributed by atoms with van der Waals surface area (Å²) < 4.78 is 2.14. The molecule has 0 aromatic carbocycles. The predicted molar refractivity (Wildman–Crippen MR) is 108 cm³/mol. The molecule has 2 aliphatic heterocycles. The minimum atomic E-state index is 0.301. The zero-order valence-electron chi connectivity index (χ0n) is 15.9. The van der Waals surface area contributed by atoms with Gasteiger partial charge in [-0.25, -0.2) is 9.97 Å². The van der Waals surface area contributed by atoms with E-state index >= 15 is 0 Å². The zero-order chi connectivity index (χ0) is 19.3. The number of hydrogen-bond donors (Lipinski definition) is 3. The molecule has 0 bridgehead atoms. The molecule has 0 spiro atoms. The highest BCUT2D eigenvalue weighted by molar-refractivity contribution is 5.60. The molecule has 4 heterocycles. The van der Waals surface area contributed by atoms with Crippen molar-refractivity contribution in [2.45, 2.75) is 18.9 Å². The minimum absolute atomic E-state index is 0.301. The third-order valence-electron chi connectivity index (χ3n) is 5.07. The number of hydrogen-bond acceptors (Lipinski definition) is 7. The van der Waals surface area contributed by atoms with Gasteiger partial charge in [0, 0.05) is 24.5 Å². The molecular formula is C20H24N8. The average Bonchev–Trinajstić information content (AvgIpc) is 3.25. The highest BCUT2D eigenvalue weighted by Gasteiger charge is 2.21. The van der Waals surface area contributed by atoms with Crippen LogP contribution in [0.15, 0.2) is 54.5 Å². The largest absolute Gasteiger partial charge is 0.381 e. The summed E-state index contributed by atoms with van der Waals surface area (Å²) in [6.07, 6.45) is 11.5. The van der Waals surface area contributed by atoms with Gasteiger partial charge in [0.25, 0.3) is 0 Å². The summed E-state index contributed by atoms with van der Waals surface area (Å²) in [5.74, 6) is 1.45. The van der Waals surface area contributed by atoms with Crippen molar-refractivity contribution in [3.8, 4) is 6.07 Å². The van der Waals surface area contributed by atoms with Crippen molar-refractivity contribution in [2.75, 3.05) is 32.0 Å². The van der Waals surface area contributed by atoms with Crippen LogP contribution < -0.4 is 16.0 Å². The summed E-state index contributed by atoms with van der Waals surface area (Å²) in [7, 11) is 2.17. The molecular weight excluding hydrogens is 352 g/mol. The van der Waals surface area contributed by atoms with Crippen LogP contribution in [-0.2, 0) is 0 Å². The highest BCUT2D eigenvalue weighted by Crippen LogP contribution is 2.20. The summed E-state index contributed by atoms with van der Waals surface area (Å²) in [5.41, 5.74) is 2.59. The smallest absolute Gasteiger partial charge is 0.158 e. The maximum atomic E-state index is 8.86. The molecule has 8 nitrogen and oxygen atoms in total. The fraction of sp³-hybridized carbons (Fsp3) is 0.350. The molecule has 0 saturated carbocycles. The van der Waals surface area contributed by atoms with Crippen LogP contribution in [0.3, 0.4) is 0 Å². The van der Waals surface area contributed by atoms with E-state index in [-0.39, 0.29) is 0 Å². The Morgan fingerprint density at radius 1 is 1.18 bits per heavy atom. The predicted octanol–water partition coefficient (Wildman–Crippen LogP) is 1.56. The van der Waals surface area contributed by atoms with Crippen molar-refractivity contribution in [3.63, 3.8) is 0 Å². The first-order chi connectivity index (χ1) is 13.7. The monoisotopic (exact) mass is 376 g/mol. The number of aromatic nitrogens is 3. The Labute approximate surface area is 164 Å². The maximum absolute atomic E-state index is 8.86. The van der Waals surface area contributed by atoms with Crippen LogP contribution in [0.5, 0.6) is 0 Å². The SMILES string of the molecule is CN1CCC(NC2=C(n3cccc3)CNC(Nc3cnc(C#N)cn3)=C2)CC1. The number of dihydropyridines is 1. The number of nitrogens with one attached hydrogen (secondary N) is 3. The molecule has 0 aliphatic carbocycles. The van der Waals surface area contributed by atoms with Crippen LogP contribution >= 0.6 is 0 Å². The van der Waals surface area contributed by atoms with Gasteiger partial charge in [0.1, 0.15) is 17.7 Å². The molecule has 8 heteroatoms. The molecule has 2 aliphatic rings. The van der Waals surface area contributed by atoms with Gasteiger partial charge in [0.2, 0.25) is 0 Å². The van der Waals surface area contributed by atoms with Crippen LogP contribution in [0.25, 0.3) is 5.70 Å². The molecule has 28 heavy (non-hydrogen) atoms. The van der Waals surface area contributed by atoms with Gasteiger partial charge in [-0.2, -0.15) is 5.26 Å². The van der Waals surface area contributed by atoms with Crippen molar-refractivity contribution >= 4 is 11.5 Å². The number of nitrogens with zero attached hydrogens (tertiary/aromatic N) is 5. The van der Waals surface area contributed by atoms with E-state index in [1.54, 1.807) is 6.20 Å². The van der Waals surface area contributed by atoms with E-state index in [2.05, 4.69) is 60.9 Å². The first-order valence-corrected chi connectivity index (χ1v) is 9.47. The highest BCUT2D eigenvalue weighted by atomic mass is 15.2. The van der Waals surface area contributed by atoms with Gasteiger partial charge in [0.15, 0.2) is 5.69 Å². The molecule has 4 rings (SSSR count). The number of piperidine rings is 1. The lowest BCUT2D eigenvalue weighted by Crippen LogP contribution is -2.42. The van der Waals surface area contributed by atoms with E-state index in [9.17, 15) is 0 Å². The van der Waals surface area contributed by atoms with Crippen LogP contribution in [0.2, 0.25) is 0 Å².